The van der Waals surface area contributed by atoms with Gasteiger partial charge in [-0.05, 0) is 11.8 Å². The number of amides is 1. The van der Waals surface area contributed by atoms with Crippen LogP contribution in [0.15, 0.2) is 0 Å². The minimum atomic E-state index is -1.36. The molecule has 3 atom stereocenters. The van der Waals surface area contributed by atoms with Gasteiger partial charge in [-0.1, -0.05) is 33.5 Å². The maximum Gasteiger partial charge on any atom is 0.325 e. The Bertz CT molecular complexity index is 411. The van der Waals surface area contributed by atoms with Crippen LogP contribution >= 0.6 is 0 Å². The molecule has 0 aromatic heterocycles. The maximum atomic E-state index is 12.5. The summed E-state index contributed by atoms with van der Waals surface area (Å²) in [6.45, 7) is 6.11. The van der Waals surface area contributed by atoms with Crippen LogP contribution in [0.5, 0.6) is 0 Å². The molecule has 0 aromatic carbocycles. The molecule has 0 bridgehead atoms. The molecule has 5 N–H and O–H groups in total. The third-order valence-electron chi connectivity index (χ3n) is 4.44. The Balaban J connectivity index is 2.89. The summed E-state index contributed by atoms with van der Waals surface area (Å²) < 4.78 is 0. The van der Waals surface area contributed by atoms with Gasteiger partial charge in [-0.15, -0.1) is 0 Å². The average molecular weight is 297 g/mol. The molecule has 0 radical (unpaired) electrons. The molecule has 21 heavy (non-hydrogen) atoms. The second-order valence-electron chi connectivity index (χ2n) is 7.25. The van der Waals surface area contributed by atoms with Gasteiger partial charge >= 0.3 is 5.97 Å². The van der Waals surface area contributed by atoms with Gasteiger partial charge in [-0.3, -0.25) is 9.59 Å². The van der Waals surface area contributed by atoms with Crippen LogP contribution in [0, 0.1) is 11.3 Å². The molecule has 1 amide bonds. The van der Waals surface area contributed by atoms with Gasteiger partial charge in [0.05, 0.1) is 6.04 Å². The quantitative estimate of drug-likeness (QED) is 0.589. The Morgan fingerprint density at radius 1 is 1.48 bits per heavy atom. The van der Waals surface area contributed by atoms with Gasteiger partial charge in [0, 0.05) is 19.0 Å². The Morgan fingerprint density at radius 3 is 2.48 bits per heavy atom. The molecule has 0 aliphatic carbocycles. The molecule has 0 saturated carbocycles. The third kappa shape index (κ3) is 3.77. The average Bonchev–Trinajstić information content (AvgIpc) is 2.72. The molecule has 0 aromatic rings. The van der Waals surface area contributed by atoms with Crippen LogP contribution in [-0.2, 0) is 9.59 Å². The molecule has 1 rings (SSSR count). The number of aliphatic carboxylic acids is 1. The molecular formula is C14H28BN3O3. The van der Waals surface area contributed by atoms with E-state index in [0.717, 1.165) is 12.7 Å². The van der Waals surface area contributed by atoms with Crippen molar-refractivity contribution in [1.29, 1.82) is 0 Å². The van der Waals surface area contributed by atoms with Crippen LogP contribution < -0.4 is 11.5 Å². The Morgan fingerprint density at radius 2 is 2.05 bits per heavy atom. The van der Waals surface area contributed by atoms with Crippen molar-refractivity contribution in [2.45, 2.75) is 51.5 Å². The normalized spacial score (nSPS) is 27.7. The van der Waals surface area contributed by atoms with Crippen molar-refractivity contribution in [3.05, 3.63) is 0 Å². The molecule has 0 unspecified atom stereocenters. The van der Waals surface area contributed by atoms with Crippen molar-refractivity contribution in [3.8, 4) is 0 Å². The van der Waals surface area contributed by atoms with Crippen molar-refractivity contribution in [2.24, 2.45) is 22.8 Å². The van der Waals surface area contributed by atoms with Gasteiger partial charge in [0.25, 0.3) is 0 Å². The first-order valence-corrected chi connectivity index (χ1v) is 7.60. The number of carboxylic acids is 1. The summed E-state index contributed by atoms with van der Waals surface area (Å²) in [6, 6.07) is -0.652. The zero-order chi connectivity index (χ0) is 16.4. The van der Waals surface area contributed by atoms with Crippen molar-refractivity contribution >= 4 is 19.7 Å². The topological polar surface area (TPSA) is 110 Å². The summed E-state index contributed by atoms with van der Waals surface area (Å²) in [5.74, 6) is -1.47. The second kappa shape index (κ2) is 6.36. The van der Waals surface area contributed by atoms with Crippen molar-refractivity contribution in [3.63, 3.8) is 0 Å². The zero-order valence-electron chi connectivity index (χ0n) is 13.6. The molecule has 6 nitrogen and oxygen atoms in total. The fraction of sp³-hybridized carbons (Fsp3) is 0.857. The van der Waals surface area contributed by atoms with Gasteiger partial charge < -0.3 is 21.5 Å². The summed E-state index contributed by atoms with van der Waals surface area (Å²) in [5.41, 5.74) is 10.4. The van der Waals surface area contributed by atoms with Gasteiger partial charge in [-0.25, -0.2) is 0 Å². The number of hydrogen-bond acceptors (Lipinski definition) is 4. The van der Waals surface area contributed by atoms with Crippen molar-refractivity contribution in [1.82, 2.24) is 4.90 Å². The first kappa shape index (κ1) is 18.0. The smallest absolute Gasteiger partial charge is 0.325 e. The van der Waals surface area contributed by atoms with Crippen LogP contribution in [0.25, 0.3) is 0 Å². The first-order valence-electron chi connectivity index (χ1n) is 7.60. The highest BCUT2D eigenvalue weighted by Crippen LogP contribution is 2.31. The molecule has 1 saturated heterocycles. The maximum absolute atomic E-state index is 12.5. The molecule has 0 spiro atoms. The number of hydrogen-bond donors (Lipinski definition) is 3. The Kier molecular flexibility index (Phi) is 5.44. The first-order chi connectivity index (χ1) is 9.54. The highest BCUT2D eigenvalue weighted by molar-refractivity contribution is 6.08. The standard InChI is InChI=1S/C14H28BN3O3/c1-13(2,3)10(16)11(19)18-7-9(5-4-6-15)14(17,8-18)12(20)21/h9-10H,4-8,15-17H2,1-3H3,(H,20,21)/t9-,10+,14-/m0/s1. The van der Waals surface area contributed by atoms with E-state index in [1.165, 1.54) is 4.90 Å². The molecule has 120 valence electrons. The lowest BCUT2D eigenvalue weighted by Crippen LogP contribution is -2.56. The largest absolute Gasteiger partial charge is 0.480 e. The highest BCUT2D eigenvalue weighted by Gasteiger charge is 2.51. The predicted molar refractivity (Wildman–Crippen MR) is 84.6 cm³/mol. The van der Waals surface area contributed by atoms with E-state index >= 15 is 0 Å². The summed E-state index contributed by atoms with van der Waals surface area (Å²) >= 11 is 0. The van der Waals surface area contributed by atoms with Gasteiger partial charge in [0.2, 0.25) is 5.91 Å². The number of carbonyl (C=O) groups excluding carboxylic acids is 1. The SMILES string of the molecule is BCCC[C@H]1CN(C(=O)[C@@H](N)C(C)(C)C)C[C@@]1(N)C(=O)O. The molecular weight excluding hydrogens is 269 g/mol. The number of carboxylic acid groups (broad SMARTS) is 1. The Labute approximate surface area is 127 Å². The number of nitrogens with zero attached hydrogens (tertiary/aromatic N) is 1. The monoisotopic (exact) mass is 297 g/mol. The molecule has 1 heterocycles. The van der Waals surface area contributed by atoms with Crippen molar-refractivity contribution in [2.75, 3.05) is 13.1 Å². The van der Waals surface area contributed by atoms with E-state index in [0.29, 0.717) is 13.0 Å². The Hall–Kier alpha value is -1.08. The highest BCUT2D eigenvalue weighted by atomic mass is 16.4. The van der Waals surface area contributed by atoms with Crippen molar-refractivity contribution < 1.29 is 14.7 Å². The molecule has 1 aliphatic heterocycles. The minimum absolute atomic E-state index is 0.0410. The lowest BCUT2D eigenvalue weighted by molar-refractivity contribution is -0.144. The third-order valence-corrected chi connectivity index (χ3v) is 4.44. The predicted octanol–water partition coefficient (Wildman–Crippen LogP) is -0.568. The fourth-order valence-corrected chi connectivity index (χ4v) is 2.72. The van der Waals surface area contributed by atoms with Crippen LogP contribution in [0.4, 0.5) is 0 Å². The summed E-state index contributed by atoms with van der Waals surface area (Å²) in [4.78, 5) is 25.5. The van der Waals surface area contributed by atoms with E-state index in [4.69, 9.17) is 11.5 Å². The fourth-order valence-electron chi connectivity index (χ4n) is 2.72. The number of likely N-dealkylation sites (tertiary alicyclic amines) is 1. The summed E-state index contributed by atoms with van der Waals surface area (Å²) in [7, 11) is 2.05. The lowest BCUT2D eigenvalue weighted by Gasteiger charge is -2.30. The van der Waals surface area contributed by atoms with Crippen LogP contribution in [0.3, 0.4) is 0 Å². The van der Waals surface area contributed by atoms with Gasteiger partial charge in [0.1, 0.15) is 13.4 Å². The van der Waals surface area contributed by atoms with Gasteiger partial charge in [0.15, 0.2) is 0 Å². The molecule has 7 heteroatoms. The van der Waals surface area contributed by atoms with Crippen LogP contribution in [0.1, 0.15) is 33.6 Å². The molecule has 1 fully saturated rings. The molecule has 1 aliphatic rings. The van der Waals surface area contributed by atoms with E-state index in [1.54, 1.807) is 0 Å². The second-order valence-corrected chi connectivity index (χ2v) is 7.25. The number of nitrogens with two attached hydrogens (primary N) is 2. The van der Waals surface area contributed by atoms with E-state index in [-0.39, 0.29) is 23.8 Å². The van der Waals surface area contributed by atoms with Crippen LogP contribution in [0.2, 0.25) is 6.32 Å². The summed E-state index contributed by atoms with van der Waals surface area (Å²) in [5, 5.41) is 9.45. The zero-order valence-corrected chi connectivity index (χ0v) is 13.6. The minimum Gasteiger partial charge on any atom is -0.480 e. The summed E-state index contributed by atoms with van der Waals surface area (Å²) in [6.07, 6.45) is 2.60. The number of carbonyl (C=O) groups is 2. The van der Waals surface area contributed by atoms with E-state index < -0.39 is 17.6 Å². The lowest BCUT2D eigenvalue weighted by atomic mass is 9.83. The number of rotatable bonds is 5. The van der Waals surface area contributed by atoms with Gasteiger partial charge in [-0.2, -0.15) is 0 Å². The van der Waals surface area contributed by atoms with Crippen LogP contribution in [-0.4, -0.2) is 54.4 Å². The van der Waals surface area contributed by atoms with E-state index in [2.05, 4.69) is 0 Å². The van der Waals surface area contributed by atoms with E-state index in [9.17, 15) is 14.7 Å². The van der Waals surface area contributed by atoms with E-state index in [1.807, 2.05) is 28.6 Å².